The first-order valence-corrected chi connectivity index (χ1v) is 5.74. The maximum absolute atomic E-state index is 11.5. The van der Waals surface area contributed by atoms with Gasteiger partial charge in [-0.25, -0.2) is 0 Å². The summed E-state index contributed by atoms with van der Waals surface area (Å²) >= 11 is 0. The van der Waals surface area contributed by atoms with E-state index in [2.05, 4.69) is 5.32 Å². The Labute approximate surface area is 85.2 Å². The Morgan fingerprint density at radius 2 is 2.21 bits per heavy atom. The van der Waals surface area contributed by atoms with Gasteiger partial charge in [0, 0.05) is 6.04 Å². The van der Waals surface area contributed by atoms with E-state index in [1.165, 1.54) is 25.7 Å². The number of rotatable bonds is 2. The largest absolute Gasteiger partial charge is 0.465 e. The van der Waals surface area contributed by atoms with Crippen LogP contribution in [0.5, 0.6) is 0 Å². The van der Waals surface area contributed by atoms with Gasteiger partial charge in [0.25, 0.3) is 0 Å². The number of nitrogens with one attached hydrogen (secondary N) is 1. The van der Waals surface area contributed by atoms with Crippen molar-refractivity contribution in [2.45, 2.75) is 51.1 Å². The van der Waals surface area contributed by atoms with Crippen molar-refractivity contribution in [2.24, 2.45) is 5.92 Å². The first-order chi connectivity index (χ1) is 6.81. The minimum absolute atomic E-state index is 0.0250. The lowest BCUT2D eigenvalue weighted by molar-refractivity contribution is -0.145. The Balaban J connectivity index is 1.89. The second-order valence-corrected chi connectivity index (χ2v) is 4.36. The molecule has 1 heterocycles. The van der Waals surface area contributed by atoms with Crippen molar-refractivity contribution in [3.8, 4) is 0 Å². The van der Waals surface area contributed by atoms with Crippen LogP contribution >= 0.6 is 0 Å². The van der Waals surface area contributed by atoms with Gasteiger partial charge in [0.2, 0.25) is 0 Å². The molecule has 2 aliphatic rings. The summed E-state index contributed by atoms with van der Waals surface area (Å²) in [6.07, 6.45) is 6.15. The zero-order valence-electron chi connectivity index (χ0n) is 8.79. The van der Waals surface area contributed by atoms with Crippen molar-refractivity contribution < 1.29 is 9.53 Å². The number of carbonyl (C=O) groups excluding carboxylic acids is 1. The standard InChI is InChI=1S/C11H19NO2/c1-2-14-11(13)10-7-8-5-3-4-6-9(8)12-10/h8-10,12H,2-7H2,1H3/t8?,9?,10-/m0/s1. The van der Waals surface area contributed by atoms with Gasteiger partial charge in [-0.05, 0) is 32.1 Å². The molecule has 1 aliphatic heterocycles. The van der Waals surface area contributed by atoms with Gasteiger partial charge in [-0.3, -0.25) is 4.79 Å². The molecule has 2 rings (SSSR count). The summed E-state index contributed by atoms with van der Waals surface area (Å²) < 4.78 is 5.03. The molecule has 1 saturated carbocycles. The molecule has 0 aromatic heterocycles. The van der Waals surface area contributed by atoms with Gasteiger partial charge in [-0.15, -0.1) is 0 Å². The van der Waals surface area contributed by atoms with E-state index in [1.54, 1.807) is 0 Å². The third-order valence-electron chi connectivity index (χ3n) is 3.43. The third-order valence-corrected chi connectivity index (χ3v) is 3.43. The number of ether oxygens (including phenoxy) is 1. The maximum Gasteiger partial charge on any atom is 0.323 e. The number of fused-ring (bicyclic) bond motifs is 1. The summed E-state index contributed by atoms with van der Waals surface area (Å²) in [6, 6.07) is 0.557. The van der Waals surface area contributed by atoms with Crippen molar-refractivity contribution in [3.05, 3.63) is 0 Å². The number of hydrogen-bond acceptors (Lipinski definition) is 3. The molecular weight excluding hydrogens is 178 g/mol. The van der Waals surface area contributed by atoms with E-state index in [1.807, 2.05) is 6.92 Å². The topological polar surface area (TPSA) is 38.3 Å². The van der Waals surface area contributed by atoms with E-state index in [0.717, 1.165) is 12.3 Å². The zero-order valence-corrected chi connectivity index (χ0v) is 8.79. The zero-order chi connectivity index (χ0) is 9.97. The van der Waals surface area contributed by atoms with Crippen LogP contribution in [0.15, 0.2) is 0 Å². The highest BCUT2D eigenvalue weighted by Crippen LogP contribution is 2.33. The van der Waals surface area contributed by atoms with Crippen LogP contribution in [-0.4, -0.2) is 24.7 Å². The molecule has 1 saturated heterocycles. The molecular formula is C11H19NO2. The molecule has 14 heavy (non-hydrogen) atoms. The van der Waals surface area contributed by atoms with Crippen molar-refractivity contribution >= 4 is 5.97 Å². The predicted octanol–water partition coefficient (Wildman–Crippen LogP) is 1.47. The Morgan fingerprint density at radius 3 is 2.93 bits per heavy atom. The Hall–Kier alpha value is -0.570. The molecule has 3 atom stereocenters. The van der Waals surface area contributed by atoms with Crippen LogP contribution in [0.2, 0.25) is 0 Å². The Bertz CT molecular complexity index is 203. The van der Waals surface area contributed by atoms with E-state index in [4.69, 9.17) is 4.74 Å². The van der Waals surface area contributed by atoms with Gasteiger partial charge in [0.05, 0.1) is 6.61 Å². The van der Waals surface area contributed by atoms with Crippen LogP contribution in [0.3, 0.4) is 0 Å². The fourth-order valence-electron chi connectivity index (χ4n) is 2.75. The highest BCUT2D eigenvalue weighted by molar-refractivity contribution is 5.76. The summed E-state index contributed by atoms with van der Waals surface area (Å²) in [5.74, 6) is 0.667. The molecule has 0 radical (unpaired) electrons. The minimum atomic E-state index is -0.0538. The summed E-state index contributed by atoms with van der Waals surface area (Å²) in [5.41, 5.74) is 0. The fraction of sp³-hybridized carbons (Fsp3) is 0.909. The lowest BCUT2D eigenvalue weighted by Gasteiger charge is -2.24. The van der Waals surface area contributed by atoms with Gasteiger partial charge in [-0.1, -0.05) is 12.8 Å². The second-order valence-electron chi connectivity index (χ2n) is 4.36. The summed E-state index contributed by atoms with van der Waals surface area (Å²) in [6.45, 7) is 2.35. The average Bonchev–Trinajstić information content (AvgIpc) is 2.61. The van der Waals surface area contributed by atoms with Crippen molar-refractivity contribution in [3.63, 3.8) is 0 Å². The molecule has 0 bridgehead atoms. The molecule has 3 heteroatoms. The molecule has 3 nitrogen and oxygen atoms in total. The maximum atomic E-state index is 11.5. The van der Waals surface area contributed by atoms with Gasteiger partial charge < -0.3 is 10.1 Å². The van der Waals surface area contributed by atoms with Crippen molar-refractivity contribution in [2.75, 3.05) is 6.61 Å². The first-order valence-electron chi connectivity index (χ1n) is 5.74. The Morgan fingerprint density at radius 1 is 1.43 bits per heavy atom. The summed E-state index contributed by atoms with van der Waals surface area (Å²) in [5, 5.41) is 3.40. The van der Waals surface area contributed by atoms with Crippen molar-refractivity contribution in [1.29, 1.82) is 0 Å². The average molecular weight is 197 g/mol. The number of carbonyl (C=O) groups is 1. The van der Waals surface area contributed by atoms with Crippen LogP contribution < -0.4 is 5.32 Å². The number of esters is 1. The lowest BCUT2D eigenvalue weighted by Crippen LogP contribution is -2.38. The quantitative estimate of drug-likeness (QED) is 0.681. The molecule has 0 aromatic rings. The van der Waals surface area contributed by atoms with Crippen LogP contribution in [0, 0.1) is 5.92 Å². The molecule has 1 aliphatic carbocycles. The normalized spacial score (nSPS) is 36.5. The van der Waals surface area contributed by atoms with E-state index in [-0.39, 0.29) is 12.0 Å². The molecule has 0 amide bonds. The monoisotopic (exact) mass is 197 g/mol. The molecule has 1 N–H and O–H groups in total. The molecule has 80 valence electrons. The molecule has 0 spiro atoms. The van der Waals surface area contributed by atoms with Gasteiger partial charge in [0.1, 0.15) is 6.04 Å². The highest BCUT2D eigenvalue weighted by Gasteiger charge is 2.38. The smallest absolute Gasteiger partial charge is 0.323 e. The van der Waals surface area contributed by atoms with E-state index in [0.29, 0.717) is 12.6 Å². The van der Waals surface area contributed by atoms with Crippen LogP contribution in [0.4, 0.5) is 0 Å². The summed E-state index contributed by atoms with van der Waals surface area (Å²) in [7, 11) is 0. The van der Waals surface area contributed by atoms with Gasteiger partial charge >= 0.3 is 5.97 Å². The van der Waals surface area contributed by atoms with Gasteiger partial charge in [0.15, 0.2) is 0 Å². The molecule has 2 unspecified atom stereocenters. The van der Waals surface area contributed by atoms with E-state index in [9.17, 15) is 4.79 Å². The molecule has 0 aromatic carbocycles. The highest BCUT2D eigenvalue weighted by atomic mass is 16.5. The van der Waals surface area contributed by atoms with Crippen LogP contribution in [0.1, 0.15) is 39.0 Å². The van der Waals surface area contributed by atoms with Crippen molar-refractivity contribution in [1.82, 2.24) is 5.32 Å². The predicted molar refractivity (Wildman–Crippen MR) is 53.9 cm³/mol. The number of hydrogen-bond donors (Lipinski definition) is 1. The second kappa shape index (κ2) is 4.30. The fourth-order valence-corrected chi connectivity index (χ4v) is 2.75. The molecule has 2 fully saturated rings. The van der Waals surface area contributed by atoms with E-state index < -0.39 is 0 Å². The van der Waals surface area contributed by atoms with E-state index >= 15 is 0 Å². The Kier molecular flexibility index (Phi) is 3.06. The third kappa shape index (κ3) is 1.92. The lowest BCUT2D eigenvalue weighted by atomic mass is 9.85. The SMILES string of the molecule is CCOC(=O)[C@@H]1CC2CCCCC2N1. The van der Waals surface area contributed by atoms with Crippen LogP contribution in [-0.2, 0) is 9.53 Å². The van der Waals surface area contributed by atoms with Gasteiger partial charge in [-0.2, -0.15) is 0 Å². The first kappa shape index (κ1) is 9.97. The summed E-state index contributed by atoms with van der Waals surface area (Å²) in [4.78, 5) is 11.5. The van der Waals surface area contributed by atoms with Crippen LogP contribution in [0.25, 0.3) is 0 Å². The minimum Gasteiger partial charge on any atom is -0.465 e.